The van der Waals surface area contributed by atoms with Gasteiger partial charge in [0.25, 0.3) is 11.8 Å². The zero-order valence-electron chi connectivity index (χ0n) is 14.2. The van der Waals surface area contributed by atoms with Crippen molar-refractivity contribution in [2.45, 2.75) is 0 Å². The zero-order valence-corrected chi connectivity index (χ0v) is 19.7. The SMILES string of the molecule is O=C(COc1cc(Cl)c(Cl)cc1Cl)NN1C(=O)C(=Cc2ccc(Br)cc2)SC1=S. The third kappa shape index (κ3) is 5.65. The Hall–Kier alpha value is -1.29. The van der Waals surface area contributed by atoms with E-state index in [9.17, 15) is 9.59 Å². The average molecular weight is 553 g/mol. The molecule has 11 heteroatoms. The molecule has 3 rings (SSSR count). The summed E-state index contributed by atoms with van der Waals surface area (Å²) in [5.41, 5.74) is 3.26. The summed E-state index contributed by atoms with van der Waals surface area (Å²) in [6.45, 7) is -0.402. The molecule has 1 aliphatic heterocycles. The first-order chi connectivity index (χ1) is 13.7. The monoisotopic (exact) mass is 550 g/mol. The molecule has 1 saturated heterocycles. The summed E-state index contributed by atoms with van der Waals surface area (Å²) in [7, 11) is 0. The van der Waals surface area contributed by atoms with Crippen LogP contribution in [0.25, 0.3) is 6.08 Å². The summed E-state index contributed by atoms with van der Waals surface area (Å²) in [5.74, 6) is -0.825. The molecule has 2 aromatic rings. The Kier molecular flexibility index (Phi) is 7.47. The summed E-state index contributed by atoms with van der Waals surface area (Å²) < 4.78 is 6.49. The molecule has 0 aliphatic carbocycles. The summed E-state index contributed by atoms with van der Waals surface area (Å²) in [6.07, 6.45) is 1.70. The van der Waals surface area contributed by atoms with Crippen LogP contribution in [0.15, 0.2) is 45.8 Å². The highest BCUT2D eigenvalue weighted by atomic mass is 79.9. The standard InChI is InChI=1S/C18H10BrCl3N2O3S2/c19-10-3-1-9(2-4-10)5-15-17(26)24(18(28)29-15)23-16(25)8-27-14-7-12(21)11(20)6-13(14)22/h1-7H,8H2,(H,23,25). The van der Waals surface area contributed by atoms with Gasteiger partial charge < -0.3 is 4.74 Å². The van der Waals surface area contributed by atoms with Gasteiger partial charge in [-0.3, -0.25) is 15.0 Å². The van der Waals surface area contributed by atoms with Crippen molar-refractivity contribution >= 4 is 96.9 Å². The lowest BCUT2D eigenvalue weighted by Gasteiger charge is -2.16. The molecule has 0 bridgehead atoms. The second-order valence-corrected chi connectivity index (χ2v) is 9.40. The lowest BCUT2D eigenvalue weighted by Crippen LogP contribution is -2.46. The summed E-state index contributed by atoms with van der Waals surface area (Å²) >= 11 is 27.4. The first kappa shape index (κ1) is 22.4. The van der Waals surface area contributed by atoms with Crippen LogP contribution >= 0.6 is 74.7 Å². The number of rotatable bonds is 5. The van der Waals surface area contributed by atoms with Gasteiger partial charge in [-0.25, -0.2) is 0 Å². The topological polar surface area (TPSA) is 58.6 Å². The van der Waals surface area contributed by atoms with Crippen molar-refractivity contribution in [1.82, 2.24) is 10.4 Å². The molecule has 29 heavy (non-hydrogen) atoms. The van der Waals surface area contributed by atoms with E-state index in [4.69, 9.17) is 51.8 Å². The van der Waals surface area contributed by atoms with E-state index in [-0.39, 0.29) is 25.1 Å². The Morgan fingerprint density at radius 2 is 1.83 bits per heavy atom. The van der Waals surface area contributed by atoms with Crippen LogP contribution in [0.1, 0.15) is 5.56 Å². The molecule has 0 saturated carbocycles. The number of benzene rings is 2. The van der Waals surface area contributed by atoms with Crippen LogP contribution < -0.4 is 10.2 Å². The van der Waals surface area contributed by atoms with Gasteiger partial charge in [-0.15, -0.1) is 0 Å². The molecule has 150 valence electrons. The zero-order chi connectivity index (χ0) is 21.1. The number of thiocarbonyl (C=S) groups is 1. The van der Waals surface area contributed by atoms with Gasteiger partial charge in [0.1, 0.15) is 5.75 Å². The van der Waals surface area contributed by atoms with Gasteiger partial charge in [-0.1, -0.05) is 74.6 Å². The van der Waals surface area contributed by atoms with Crippen LogP contribution in [0.5, 0.6) is 5.75 Å². The highest BCUT2D eigenvalue weighted by Gasteiger charge is 2.33. The highest BCUT2D eigenvalue weighted by molar-refractivity contribution is 9.10. The minimum absolute atomic E-state index is 0.191. The van der Waals surface area contributed by atoms with E-state index in [0.29, 0.717) is 4.91 Å². The normalized spacial score (nSPS) is 15.2. The third-order valence-electron chi connectivity index (χ3n) is 3.53. The van der Waals surface area contributed by atoms with Gasteiger partial charge in [-0.05, 0) is 42.1 Å². The van der Waals surface area contributed by atoms with Crippen molar-refractivity contribution in [2.75, 3.05) is 6.61 Å². The largest absolute Gasteiger partial charge is 0.482 e. The van der Waals surface area contributed by atoms with E-state index in [2.05, 4.69) is 21.4 Å². The second-order valence-electron chi connectivity index (χ2n) is 5.59. The second kappa shape index (κ2) is 9.68. The molecule has 1 N–H and O–H groups in total. The predicted octanol–water partition coefficient (Wildman–Crippen LogP) is 5.72. The first-order valence-electron chi connectivity index (χ1n) is 7.85. The lowest BCUT2D eigenvalue weighted by molar-refractivity contribution is -0.134. The van der Waals surface area contributed by atoms with Gasteiger partial charge >= 0.3 is 0 Å². The molecule has 1 fully saturated rings. The van der Waals surface area contributed by atoms with E-state index >= 15 is 0 Å². The minimum atomic E-state index is -0.590. The molecule has 0 aromatic heterocycles. The number of carbonyl (C=O) groups excluding carboxylic acids is 2. The Morgan fingerprint density at radius 1 is 1.17 bits per heavy atom. The third-order valence-corrected chi connectivity index (χ3v) is 6.38. The number of thioether (sulfide) groups is 1. The van der Waals surface area contributed by atoms with Crippen LogP contribution in [0.4, 0.5) is 0 Å². The summed E-state index contributed by atoms with van der Waals surface area (Å²) in [4.78, 5) is 25.2. The van der Waals surface area contributed by atoms with Gasteiger partial charge in [0.05, 0.1) is 20.0 Å². The Balaban J connectivity index is 1.63. The fourth-order valence-corrected chi connectivity index (χ4v) is 4.22. The number of amides is 2. The van der Waals surface area contributed by atoms with E-state index in [1.54, 1.807) is 6.08 Å². The van der Waals surface area contributed by atoms with E-state index < -0.39 is 18.4 Å². The minimum Gasteiger partial charge on any atom is -0.482 e. The Labute approximate surface area is 199 Å². The van der Waals surface area contributed by atoms with E-state index in [0.717, 1.165) is 26.8 Å². The van der Waals surface area contributed by atoms with Gasteiger partial charge in [-0.2, -0.15) is 5.01 Å². The average Bonchev–Trinajstić information content (AvgIpc) is 2.93. The molecule has 1 heterocycles. The smallest absolute Gasteiger partial charge is 0.285 e. The van der Waals surface area contributed by atoms with Crippen molar-refractivity contribution < 1.29 is 14.3 Å². The molecule has 0 spiro atoms. The highest BCUT2D eigenvalue weighted by Crippen LogP contribution is 2.34. The van der Waals surface area contributed by atoms with Crippen LogP contribution in [-0.2, 0) is 9.59 Å². The fraction of sp³-hybridized carbons (Fsp3) is 0.0556. The van der Waals surface area contributed by atoms with E-state index in [1.807, 2.05) is 24.3 Å². The van der Waals surface area contributed by atoms with Crippen molar-refractivity contribution in [1.29, 1.82) is 0 Å². The molecule has 1 aliphatic rings. The van der Waals surface area contributed by atoms with Gasteiger partial charge in [0, 0.05) is 10.5 Å². The first-order valence-corrected chi connectivity index (χ1v) is 11.0. The van der Waals surface area contributed by atoms with Crippen LogP contribution in [0.2, 0.25) is 15.1 Å². The number of nitrogens with one attached hydrogen (secondary N) is 1. The number of carbonyl (C=O) groups is 2. The molecule has 0 unspecified atom stereocenters. The van der Waals surface area contributed by atoms with Crippen LogP contribution in [0.3, 0.4) is 0 Å². The van der Waals surface area contributed by atoms with Gasteiger partial charge in [0.15, 0.2) is 10.9 Å². The summed E-state index contributed by atoms with van der Waals surface area (Å²) in [6, 6.07) is 10.2. The number of hydrogen-bond donors (Lipinski definition) is 1. The number of nitrogens with zero attached hydrogens (tertiary/aromatic N) is 1. The molecular formula is C18H10BrCl3N2O3S2. The van der Waals surface area contributed by atoms with Crippen LogP contribution in [0, 0.1) is 0 Å². The van der Waals surface area contributed by atoms with Crippen molar-refractivity contribution in [3.8, 4) is 5.75 Å². The lowest BCUT2D eigenvalue weighted by atomic mass is 10.2. The number of halogens is 4. The van der Waals surface area contributed by atoms with Crippen LogP contribution in [-0.4, -0.2) is 27.8 Å². The summed E-state index contributed by atoms with van der Waals surface area (Å²) in [5, 5.41) is 1.72. The quantitative estimate of drug-likeness (QED) is 0.292. The van der Waals surface area contributed by atoms with Crippen molar-refractivity contribution in [3.05, 3.63) is 66.4 Å². The van der Waals surface area contributed by atoms with Gasteiger partial charge in [0.2, 0.25) is 0 Å². The number of hydrogen-bond acceptors (Lipinski definition) is 5. The molecule has 2 aromatic carbocycles. The molecule has 2 amide bonds. The van der Waals surface area contributed by atoms with E-state index in [1.165, 1.54) is 12.1 Å². The maximum absolute atomic E-state index is 12.6. The fourth-order valence-electron chi connectivity index (χ4n) is 2.19. The maximum atomic E-state index is 12.6. The molecular weight excluding hydrogens is 543 g/mol. The Bertz CT molecular complexity index is 1030. The predicted molar refractivity (Wildman–Crippen MR) is 124 cm³/mol. The maximum Gasteiger partial charge on any atom is 0.285 e. The van der Waals surface area contributed by atoms with Crippen molar-refractivity contribution in [2.24, 2.45) is 0 Å². The molecule has 0 radical (unpaired) electrons. The Morgan fingerprint density at radius 3 is 2.52 bits per heavy atom. The molecule has 5 nitrogen and oxygen atoms in total. The number of ether oxygens (including phenoxy) is 1. The molecule has 0 atom stereocenters. The van der Waals surface area contributed by atoms with Crippen molar-refractivity contribution in [3.63, 3.8) is 0 Å². The number of hydrazine groups is 1.